The van der Waals surface area contributed by atoms with Crippen LogP contribution in [-0.2, 0) is 4.79 Å². The molecule has 0 atom stereocenters. The van der Waals surface area contributed by atoms with Gasteiger partial charge in [-0.25, -0.2) is 4.98 Å². The SMILES string of the molecule is Cc1nsc(NC(=O)CNC(=O)c2ccccc2)n1. The molecule has 0 saturated carbocycles. The summed E-state index contributed by atoms with van der Waals surface area (Å²) in [6.07, 6.45) is 0. The van der Waals surface area contributed by atoms with Crippen molar-refractivity contribution >= 4 is 28.5 Å². The lowest BCUT2D eigenvalue weighted by Gasteiger charge is -2.04. The average Bonchev–Trinajstić information content (AvgIpc) is 2.82. The number of nitrogens with one attached hydrogen (secondary N) is 2. The number of carbonyl (C=O) groups is 2. The van der Waals surface area contributed by atoms with Crippen LogP contribution in [0.5, 0.6) is 0 Å². The fourth-order valence-corrected chi connectivity index (χ4v) is 1.96. The molecular weight excluding hydrogens is 264 g/mol. The van der Waals surface area contributed by atoms with Crippen LogP contribution in [0, 0.1) is 6.92 Å². The zero-order valence-electron chi connectivity index (χ0n) is 10.2. The smallest absolute Gasteiger partial charge is 0.251 e. The van der Waals surface area contributed by atoms with Gasteiger partial charge in [0, 0.05) is 17.1 Å². The van der Waals surface area contributed by atoms with E-state index in [4.69, 9.17) is 0 Å². The Labute approximate surface area is 114 Å². The second-order valence-electron chi connectivity index (χ2n) is 3.74. The summed E-state index contributed by atoms with van der Waals surface area (Å²) in [6.45, 7) is 1.63. The zero-order chi connectivity index (χ0) is 13.7. The molecule has 2 rings (SSSR count). The lowest BCUT2D eigenvalue weighted by atomic mass is 10.2. The molecule has 0 bridgehead atoms. The fourth-order valence-electron chi connectivity index (χ4n) is 1.36. The summed E-state index contributed by atoms with van der Waals surface area (Å²) in [5, 5.41) is 5.52. The van der Waals surface area contributed by atoms with Crippen LogP contribution in [-0.4, -0.2) is 27.7 Å². The predicted octanol–water partition coefficient (Wildman–Crippen LogP) is 1.22. The Morgan fingerprint density at radius 3 is 2.63 bits per heavy atom. The van der Waals surface area contributed by atoms with Gasteiger partial charge in [0.05, 0.1) is 6.54 Å². The highest BCUT2D eigenvalue weighted by Crippen LogP contribution is 2.09. The van der Waals surface area contributed by atoms with Crippen molar-refractivity contribution < 1.29 is 9.59 Å². The van der Waals surface area contributed by atoms with Gasteiger partial charge in [-0.15, -0.1) is 0 Å². The molecule has 0 aliphatic carbocycles. The monoisotopic (exact) mass is 276 g/mol. The third-order valence-electron chi connectivity index (χ3n) is 2.22. The molecule has 0 aliphatic rings. The van der Waals surface area contributed by atoms with Crippen LogP contribution in [0.1, 0.15) is 16.2 Å². The molecule has 0 saturated heterocycles. The summed E-state index contributed by atoms with van der Waals surface area (Å²) >= 11 is 1.10. The van der Waals surface area contributed by atoms with Crippen LogP contribution in [0.15, 0.2) is 30.3 Å². The number of hydrogen-bond donors (Lipinski definition) is 2. The minimum absolute atomic E-state index is 0.105. The first kappa shape index (κ1) is 13.2. The van der Waals surface area contributed by atoms with Crippen LogP contribution < -0.4 is 10.6 Å². The Bertz CT molecular complexity index is 582. The van der Waals surface area contributed by atoms with Gasteiger partial charge in [-0.1, -0.05) is 18.2 Å². The second kappa shape index (κ2) is 6.05. The van der Waals surface area contributed by atoms with Gasteiger partial charge in [-0.2, -0.15) is 4.37 Å². The first-order valence-electron chi connectivity index (χ1n) is 5.58. The Kier molecular flexibility index (Phi) is 4.19. The van der Waals surface area contributed by atoms with Crippen LogP contribution in [0.4, 0.5) is 5.13 Å². The van der Waals surface area contributed by atoms with Crippen molar-refractivity contribution in [1.29, 1.82) is 0 Å². The third-order valence-corrected chi connectivity index (χ3v) is 2.94. The molecule has 0 spiro atoms. The summed E-state index contributed by atoms with van der Waals surface area (Å²) in [5.41, 5.74) is 0.516. The summed E-state index contributed by atoms with van der Waals surface area (Å²) in [5.74, 6) is -0.0155. The molecule has 0 unspecified atom stereocenters. The molecule has 98 valence electrons. The number of amides is 2. The zero-order valence-corrected chi connectivity index (χ0v) is 11.0. The van der Waals surface area contributed by atoms with E-state index in [1.165, 1.54) is 0 Å². The van der Waals surface area contributed by atoms with Gasteiger partial charge >= 0.3 is 0 Å². The molecule has 6 nitrogen and oxygen atoms in total. The molecule has 1 aromatic heterocycles. The van der Waals surface area contributed by atoms with Gasteiger partial charge in [0.2, 0.25) is 11.0 Å². The number of aromatic nitrogens is 2. The van der Waals surface area contributed by atoms with E-state index in [0.717, 1.165) is 11.5 Å². The van der Waals surface area contributed by atoms with E-state index in [9.17, 15) is 9.59 Å². The predicted molar refractivity (Wildman–Crippen MR) is 72.1 cm³/mol. The van der Waals surface area contributed by atoms with Gasteiger partial charge < -0.3 is 5.32 Å². The molecule has 1 heterocycles. The molecule has 19 heavy (non-hydrogen) atoms. The van der Waals surface area contributed by atoms with Crippen molar-refractivity contribution in [2.75, 3.05) is 11.9 Å². The number of anilines is 1. The maximum absolute atomic E-state index is 11.7. The van der Waals surface area contributed by atoms with E-state index in [1.807, 2.05) is 6.07 Å². The van der Waals surface area contributed by atoms with Gasteiger partial charge in [-0.3, -0.25) is 14.9 Å². The Morgan fingerprint density at radius 1 is 1.26 bits per heavy atom. The van der Waals surface area contributed by atoms with Gasteiger partial charge in [0.25, 0.3) is 5.91 Å². The molecule has 1 aromatic carbocycles. The van der Waals surface area contributed by atoms with Gasteiger partial charge in [-0.05, 0) is 19.1 Å². The van der Waals surface area contributed by atoms with Crippen molar-refractivity contribution in [1.82, 2.24) is 14.7 Å². The van der Waals surface area contributed by atoms with E-state index in [-0.39, 0.29) is 18.4 Å². The molecule has 0 fully saturated rings. The quantitative estimate of drug-likeness (QED) is 0.879. The van der Waals surface area contributed by atoms with Crippen molar-refractivity contribution in [2.45, 2.75) is 6.92 Å². The van der Waals surface area contributed by atoms with E-state index >= 15 is 0 Å². The van der Waals surface area contributed by atoms with Crippen LogP contribution in [0.3, 0.4) is 0 Å². The number of carbonyl (C=O) groups excluding carboxylic acids is 2. The van der Waals surface area contributed by atoms with Crippen molar-refractivity contribution in [3.63, 3.8) is 0 Å². The lowest BCUT2D eigenvalue weighted by molar-refractivity contribution is -0.115. The first-order valence-corrected chi connectivity index (χ1v) is 6.36. The number of hydrogen-bond acceptors (Lipinski definition) is 5. The summed E-state index contributed by atoms with van der Waals surface area (Å²) in [4.78, 5) is 27.3. The highest BCUT2D eigenvalue weighted by Gasteiger charge is 2.09. The summed E-state index contributed by atoms with van der Waals surface area (Å²) in [7, 11) is 0. The topological polar surface area (TPSA) is 84.0 Å². The minimum atomic E-state index is -0.333. The van der Waals surface area contributed by atoms with Crippen LogP contribution in [0.2, 0.25) is 0 Å². The van der Waals surface area contributed by atoms with Crippen molar-refractivity contribution in [3.05, 3.63) is 41.7 Å². The minimum Gasteiger partial charge on any atom is -0.343 e. The molecule has 2 N–H and O–H groups in total. The molecule has 7 heteroatoms. The van der Waals surface area contributed by atoms with Crippen molar-refractivity contribution in [2.24, 2.45) is 0 Å². The maximum Gasteiger partial charge on any atom is 0.251 e. The molecule has 2 aromatic rings. The maximum atomic E-state index is 11.7. The number of nitrogens with zero attached hydrogens (tertiary/aromatic N) is 2. The normalized spacial score (nSPS) is 9.95. The molecule has 2 amide bonds. The standard InChI is InChI=1S/C12H12N4O2S/c1-8-14-12(19-16-8)15-10(17)7-13-11(18)9-5-3-2-4-6-9/h2-6H,7H2,1H3,(H,13,18)(H,14,15,16,17). The largest absolute Gasteiger partial charge is 0.343 e. The van der Waals surface area contributed by atoms with Crippen LogP contribution in [0.25, 0.3) is 0 Å². The Morgan fingerprint density at radius 2 is 2.00 bits per heavy atom. The number of benzene rings is 1. The van der Waals surface area contributed by atoms with E-state index in [1.54, 1.807) is 31.2 Å². The number of aryl methyl sites for hydroxylation is 1. The third kappa shape index (κ3) is 3.85. The first-order chi connectivity index (χ1) is 9.15. The molecule has 0 aliphatic heterocycles. The summed E-state index contributed by atoms with van der Waals surface area (Å²) < 4.78 is 3.94. The van der Waals surface area contributed by atoms with E-state index < -0.39 is 0 Å². The Balaban J connectivity index is 1.82. The second-order valence-corrected chi connectivity index (χ2v) is 4.50. The number of rotatable bonds is 4. The van der Waals surface area contributed by atoms with Crippen molar-refractivity contribution in [3.8, 4) is 0 Å². The van der Waals surface area contributed by atoms with E-state index in [2.05, 4.69) is 20.0 Å². The van der Waals surface area contributed by atoms with Gasteiger partial charge in [0.15, 0.2) is 0 Å². The fraction of sp³-hybridized carbons (Fsp3) is 0.167. The van der Waals surface area contributed by atoms with Crippen LogP contribution >= 0.6 is 11.5 Å². The van der Waals surface area contributed by atoms with Gasteiger partial charge in [0.1, 0.15) is 5.82 Å². The average molecular weight is 276 g/mol. The van der Waals surface area contributed by atoms with E-state index in [0.29, 0.717) is 16.5 Å². The lowest BCUT2D eigenvalue weighted by Crippen LogP contribution is -2.32. The summed E-state index contributed by atoms with van der Waals surface area (Å²) in [6, 6.07) is 8.71. The molecule has 0 radical (unpaired) electrons. The molecular formula is C12H12N4O2S. The highest BCUT2D eigenvalue weighted by molar-refractivity contribution is 7.09. The highest BCUT2D eigenvalue weighted by atomic mass is 32.1. The Hall–Kier alpha value is -2.28.